The van der Waals surface area contributed by atoms with E-state index in [0.29, 0.717) is 6.04 Å². The fourth-order valence-electron chi connectivity index (χ4n) is 1.10. The molecule has 0 bridgehead atoms. The zero-order valence-corrected chi connectivity index (χ0v) is 8.77. The molecule has 0 saturated heterocycles. The topological polar surface area (TPSA) is 49.8 Å². The molecule has 3 heteroatoms. The molecule has 0 atom stereocenters. The maximum absolute atomic E-state index is 7.27. The minimum atomic E-state index is 0. The second-order valence-corrected chi connectivity index (χ2v) is 3.58. The van der Waals surface area contributed by atoms with Gasteiger partial charge in [0, 0.05) is 0 Å². The van der Waals surface area contributed by atoms with Gasteiger partial charge in [0.25, 0.3) is 0 Å². The summed E-state index contributed by atoms with van der Waals surface area (Å²) in [5.41, 5.74) is 12.4. The Morgan fingerprint density at radius 2 is 1.50 bits per heavy atom. The summed E-state index contributed by atoms with van der Waals surface area (Å²) in [6, 6.07) is 0.619. The monoisotopic (exact) mass is 164 g/mol. The molecule has 1 saturated carbocycles. The molecule has 2 nitrogen and oxygen atoms in total. The van der Waals surface area contributed by atoms with Crippen LogP contribution >= 0.6 is 0 Å². The summed E-state index contributed by atoms with van der Waals surface area (Å²) in [6.45, 7) is 3.89. The fraction of sp³-hybridized carbons (Fsp3) is 1.00. The molecule has 1 aliphatic rings. The van der Waals surface area contributed by atoms with Gasteiger partial charge in [0.1, 0.15) is 0 Å². The molecule has 68 valence electrons. The fourth-order valence-corrected chi connectivity index (χ4v) is 1.10. The summed E-state index contributed by atoms with van der Waals surface area (Å²) in [5, 5.41) is 0. The predicted molar refractivity (Wildman–Crippen MR) is 50.5 cm³/mol. The zero-order chi connectivity index (χ0) is 8.69. The van der Waals surface area contributed by atoms with Gasteiger partial charge in [-0.2, -0.15) is 0 Å². The second kappa shape index (κ2) is 9.60. The number of hydrogen-bond donors (Lipinski definition) is 1. The molecule has 0 unspecified atom stereocenters. The van der Waals surface area contributed by atoms with Gasteiger partial charge in [0.2, 0.25) is 0 Å². The van der Waals surface area contributed by atoms with Gasteiger partial charge < -0.3 is 11.5 Å². The van der Waals surface area contributed by atoms with Crippen molar-refractivity contribution in [1.29, 1.82) is 0 Å². The summed E-state index contributed by atoms with van der Waals surface area (Å²) < 4.78 is 0. The van der Waals surface area contributed by atoms with Gasteiger partial charge in [-0.3, -0.25) is 0 Å². The van der Waals surface area contributed by atoms with E-state index in [0.717, 1.165) is 12.8 Å². The van der Waals surface area contributed by atoms with Crippen LogP contribution in [0.25, 0.3) is 5.73 Å². The molecule has 0 heterocycles. The van der Waals surface area contributed by atoms with Crippen molar-refractivity contribution in [2.24, 2.45) is 5.73 Å². The van der Waals surface area contributed by atoms with Crippen LogP contribution in [-0.4, -0.2) is 12.1 Å². The summed E-state index contributed by atoms with van der Waals surface area (Å²) >= 11 is 0. The average Bonchev–Trinajstić information content (AvgIpc) is 1.87. The third-order valence-corrected chi connectivity index (χ3v) is 1.61. The Labute approximate surface area is 88.6 Å². The second-order valence-electron chi connectivity index (χ2n) is 3.58. The van der Waals surface area contributed by atoms with Crippen LogP contribution in [0.4, 0.5) is 0 Å². The maximum atomic E-state index is 7.27. The number of rotatable bonds is 0. The molecular weight excluding hydrogens is 143 g/mol. The van der Waals surface area contributed by atoms with Crippen LogP contribution in [0.5, 0.6) is 0 Å². The molecule has 1 rings (SSSR count). The van der Waals surface area contributed by atoms with Crippen LogP contribution in [0.1, 0.15) is 46.0 Å². The van der Waals surface area contributed by atoms with E-state index in [1.54, 1.807) is 0 Å². The van der Waals surface area contributed by atoms with Crippen molar-refractivity contribution in [3.8, 4) is 0 Å². The van der Waals surface area contributed by atoms with Crippen LogP contribution in [0.2, 0.25) is 0 Å². The first-order valence-electron chi connectivity index (χ1n) is 4.59. The van der Waals surface area contributed by atoms with Gasteiger partial charge in [-0.05, 0) is 6.04 Å². The van der Waals surface area contributed by atoms with E-state index >= 15 is 0 Å². The van der Waals surface area contributed by atoms with Crippen molar-refractivity contribution >= 4 is 0 Å². The van der Waals surface area contributed by atoms with Gasteiger partial charge >= 0.3 is 18.9 Å². The van der Waals surface area contributed by atoms with E-state index < -0.39 is 0 Å². The molecule has 0 aliphatic heterocycles. The normalized spacial score (nSPS) is 17.8. The summed E-state index contributed by atoms with van der Waals surface area (Å²) in [5.74, 6) is 0. The molecule has 1 aliphatic carbocycles. The van der Waals surface area contributed by atoms with Gasteiger partial charge in [0.05, 0.1) is 0 Å². The summed E-state index contributed by atoms with van der Waals surface area (Å²) in [4.78, 5) is 0. The van der Waals surface area contributed by atoms with Crippen LogP contribution in [0.15, 0.2) is 0 Å². The molecule has 0 aromatic rings. The zero-order valence-electron chi connectivity index (χ0n) is 8.77. The number of hydrogen-bond acceptors (Lipinski definition) is 1. The molecule has 12 heavy (non-hydrogen) atoms. The number of nitrogens with two attached hydrogens (primary N) is 1. The Hall–Kier alpha value is 0.517. The molecule has 0 aromatic carbocycles. The van der Waals surface area contributed by atoms with Crippen molar-refractivity contribution < 1.29 is 18.9 Å². The predicted octanol–water partition coefficient (Wildman–Crippen LogP) is -0.271. The maximum Gasteiger partial charge on any atom is 1.00 e. The van der Waals surface area contributed by atoms with Crippen LogP contribution in [0.3, 0.4) is 0 Å². The summed E-state index contributed by atoms with van der Waals surface area (Å²) in [6.07, 6.45) is 6.28. The largest absolute Gasteiger partial charge is 1.00 e. The third kappa shape index (κ3) is 13.1. The Morgan fingerprint density at radius 1 is 1.17 bits per heavy atom. The van der Waals surface area contributed by atoms with Gasteiger partial charge in [-0.1, -0.05) is 46.0 Å². The molecule has 3 N–H and O–H groups in total. The number of nitrogens with one attached hydrogen (secondary N) is 1. The Bertz CT molecular complexity index is 77.8. The molecule has 0 radical (unpaired) electrons. The van der Waals surface area contributed by atoms with E-state index in [4.69, 9.17) is 11.5 Å². The van der Waals surface area contributed by atoms with Gasteiger partial charge in [0.15, 0.2) is 0 Å². The van der Waals surface area contributed by atoms with Crippen molar-refractivity contribution in [3.63, 3.8) is 0 Å². The van der Waals surface area contributed by atoms with E-state index in [9.17, 15) is 0 Å². The third-order valence-electron chi connectivity index (χ3n) is 1.61. The Kier molecular flexibility index (Phi) is 12.0. The standard InChI is InChI=1S/C6H12N.C3H9N.Li/c7-6-4-2-1-3-5-6;1-3(2)4;/h6-7H,1-5H2;3H,4H2,1-2H3;/q-1;;+1. The molecule has 0 spiro atoms. The first-order valence-corrected chi connectivity index (χ1v) is 4.59. The van der Waals surface area contributed by atoms with Crippen molar-refractivity contribution in [2.45, 2.75) is 58.0 Å². The molecule has 0 aromatic heterocycles. The first kappa shape index (κ1) is 15.0. The Morgan fingerprint density at radius 3 is 1.67 bits per heavy atom. The average molecular weight is 164 g/mol. The quantitative estimate of drug-likeness (QED) is 0.492. The smallest absolute Gasteiger partial charge is 0.675 e. The minimum Gasteiger partial charge on any atom is -0.675 e. The van der Waals surface area contributed by atoms with Crippen LogP contribution in [-0.2, 0) is 0 Å². The van der Waals surface area contributed by atoms with E-state index in [-0.39, 0.29) is 24.9 Å². The van der Waals surface area contributed by atoms with E-state index in [1.165, 1.54) is 19.3 Å². The molecule has 1 fully saturated rings. The van der Waals surface area contributed by atoms with E-state index in [1.807, 2.05) is 13.8 Å². The van der Waals surface area contributed by atoms with Crippen molar-refractivity contribution in [2.75, 3.05) is 0 Å². The molecule has 0 amide bonds. The van der Waals surface area contributed by atoms with Crippen LogP contribution < -0.4 is 24.6 Å². The van der Waals surface area contributed by atoms with Gasteiger partial charge in [-0.15, -0.1) is 6.04 Å². The van der Waals surface area contributed by atoms with Crippen molar-refractivity contribution in [1.82, 2.24) is 0 Å². The van der Waals surface area contributed by atoms with Gasteiger partial charge in [-0.25, -0.2) is 0 Å². The van der Waals surface area contributed by atoms with E-state index in [2.05, 4.69) is 0 Å². The molecular formula is C9H21LiN2. The SMILES string of the molecule is CC(C)N.[Li+].[NH-]C1CCCCC1. The Balaban J connectivity index is 0. The summed E-state index contributed by atoms with van der Waals surface area (Å²) in [7, 11) is 0. The first-order chi connectivity index (χ1) is 5.13. The van der Waals surface area contributed by atoms with Crippen molar-refractivity contribution in [3.05, 3.63) is 5.73 Å². The van der Waals surface area contributed by atoms with Crippen LogP contribution in [0, 0.1) is 0 Å². The minimum absolute atomic E-state index is 0.